The number of rotatable bonds is 13. The molecule has 114 valence electrons. The van der Waals surface area contributed by atoms with Gasteiger partial charge in [0.05, 0.1) is 0 Å². The molecule has 0 spiro atoms. The number of carboxylic acids is 1. The first-order valence-electron chi connectivity index (χ1n) is 8.37. The van der Waals surface area contributed by atoms with Crippen LogP contribution >= 0.6 is 0 Å². The molecular formula is C17H34O2. The van der Waals surface area contributed by atoms with Crippen molar-refractivity contribution in [3.05, 3.63) is 0 Å². The largest absolute Gasteiger partial charge is 0.481 e. The molecule has 1 N–H and O–H groups in total. The van der Waals surface area contributed by atoms with Crippen LogP contribution in [0.3, 0.4) is 0 Å². The van der Waals surface area contributed by atoms with E-state index in [9.17, 15) is 4.79 Å². The van der Waals surface area contributed by atoms with Crippen LogP contribution in [0, 0.1) is 11.8 Å². The number of unbranched alkanes of at least 4 members (excludes halogenated alkanes) is 5. The molecule has 2 nitrogen and oxygen atoms in total. The average Bonchev–Trinajstić information content (AvgIpc) is 2.38. The van der Waals surface area contributed by atoms with Gasteiger partial charge < -0.3 is 5.11 Å². The SMILES string of the molecule is CCCCCCC(CC(=O)O)C(CC)CCCCC. The second kappa shape index (κ2) is 12.5. The van der Waals surface area contributed by atoms with Crippen LogP contribution in [0.2, 0.25) is 0 Å². The molecular weight excluding hydrogens is 236 g/mol. The molecule has 0 aromatic rings. The molecule has 0 rings (SSSR count). The van der Waals surface area contributed by atoms with E-state index in [4.69, 9.17) is 5.11 Å². The number of aliphatic carboxylic acids is 1. The zero-order valence-electron chi connectivity index (χ0n) is 13.3. The molecule has 0 heterocycles. The van der Waals surface area contributed by atoms with Gasteiger partial charge in [-0.25, -0.2) is 0 Å². The quantitative estimate of drug-likeness (QED) is 0.439. The summed E-state index contributed by atoms with van der Waals surface area (Å²) < 4.78 is 0. The molecule has 0 aromatic carbocycles. The summed E-state index contributed by atoms with van der Waals surface area (Å²) in [4.78, 5) is 11.0. The summed E-state index contributed by atoms with van der Waals surface area (Å²) in [5.74, 6) is 0.398. The molecule has 0 bridgehead atoms. The molecule has 0 radical (unpaired) electrons. The molecule has 2 heteroatoms. The van der Waals surface area contributed by atoms with Crippen LogP contribution in [0.25, 0.3) is 0 Å². The lowest BCUT2D eigenvalue weighted by Gasteiger charge is -2.25. The Labute approximate surface area is 120 Å². The zero-order valence-corrected chi connectivity index (χ0v) is 13.3. The third-order valence-corrected chi connectivity index (χ3v) is 4.23. The Hall–Kier alpha value is -0.530. The molecule has 0 aliphatic carbocycles. The van der Waals surface area contributed by atoms with E-state index >= 15 is 0 Å². The predicted octanol–water partition coefficient (Wildman–Crippen LogP) is 5.65. The first kappa shape index (κ1) is 18.5. The first-order chi connectivity index (χ1) is 9.15. The summed E-state index contributed by atoms with van der Waals surface area (Å²) >= 11 is 0. The van der Waals surface area contributed by atoms with Crippen LogP contribution in [-0.2, 0) is 4.79 Å². The van der Waals surface area contributed by atoms with Gasteiger partial charge in [0.1, 0.15) is 0 Å². The second-order valence-corrected chi connectivity index (χ2v) is 5.87. The van der Waals surface area contributed by atoms with Gasteiger partial charge in [0, 0.05) is 6.42 Å². The average molecular weight is 270 g/mol. The van der Waals surface area contributed by atoms with Gasteiger partial charge in [-0.2, -0.15) is 0 Å². The minimum Gasteiger partial charge on any atom is -0.481 e. The summed E-state index contributed by atoms with van der Waals surface area (Å²) in [5.41, 5.74) is 0. The van der Waals surface area contributed by atoms with Gasteiger partial charge in [-0.15, -0.1) is 0 Å². The third-order valence-electron chi connectivity index (χ3n) is 4.23. The van der Waals surface area contributed by atoms with Crippen LogP contribution in [0.1, 0.15) is 91.4 Å². The molecule has 0 aliphatic rings. The first-order valence-corrected chi connectivity index (χ1v) is 8.37. The van der Waals surface area contributed by atoms with E-state index in [-0.39, 0.29) is 0 Å². The highest BCUT2D eigenvalue weighted by Crippen LogP contribution is 2.30. The topological polar surface area (TPSA) is 37.3 Å². The molecule has 0 saturated carbocycles. The fourth-order valence-electron chi connectivity index (χ4n) is 2.99. The highest BCUT2D eigenvalue weighted by Gasteiger charge is 2.21. The minimum atomic E-state index is -0.616. The van der Waals surface area contributed by atoms with Crippen molar-refractivity contribution in [3.63, 3.8) is 0 Å². The highest BCUT2D eigenvalue weighted by molar-refractivity contribution is 5.67. The summed E-state index contributed by atoms with van der Waals surface area (Å²) in [6, 6.07) is 0. The lowest BCUT2D eigenvalue weighted by atomic mass is 9.80. The van der Waals surface area contributed by atoms with Crippen LogP contribution < -0.4 is 0 Å². The van der Waals surface area contributed by atoms with Gasteiger partial charge in [-0.1, -0.05) is 78.6 Å². The normalized spacial score (nSPS) is 14.3. The Bertz CT molecular complexity index is 213. The van der Waals surface area contributed by atoms with Crippen molar-refractivity contribution in [1.29, 1.82) is 0 Å². The van der Waals surface area contributed by atoms with Crippen LogP contribution in [0.15, 0.2) is 0 Å². The van der Waals surface area contributed by atoms with Crippen molar-refractivity contribution < 1.29 is 9.90 Å². The summed E-state index contributed by atoms with van der Waals surface area (Å²) in [6.07, 6.45) is 12.6. The maximum atomic E-state index is 11.0. The van der Waals surface area contributed by atoms with Gasteiger partial charge in [0.25, 0.3) is 0 Å². The predicted molar refractivity (Wildman–Crippen MR) is 82.4 cm³/mol. The van der Waals surface area contributed by atoms with Crippen molar-refractivity contribution in [2.24, 2.45) is 11.8 Å². The van der Waals surface area contributed by atoms with Crippen LogP contribution in [-0.4, -0.2) is 11.1 Å². The number of hydrogen-bond donors (Lipinski definition) is 1. The maximum absolute atomic E-state index is 11.0. The van der Waals surface area contributed by atoms with Crippen molar-refractivity contribution >= 4 is 5.97 Å². The molecule has 0 amide bonds. The molecule has 0 saturated heterocycles. The van der Waals surface area contributed by atoms with Gasteiger partial charge in [-0.05, 0) is 18.3 Å². The Balaban J connectivity index is 4.20. The van der Waals surface area contributed by atoms with Gasteiger partial charge in [-0.3, -0.25) is 4.79 Å². The Morgan fingerprint density at radius 1 is 0.842 bits per heavy atom. The fourth-order valence-corrected chi connectivity index (χ4v) is 2.99. The van der Waals surface area contributed by atoms with E-state index in [0.717, 1.165) is 12.8 Å². The van der Waals surface area contributed by atoms with Crippen molar-refractivity contribution in [2.45, 2.75) is 91.4 Å². The maximum Gasteiger partial charge on any atom is 0.303 e. The van der Waals surface area contributed by atoms with Gasteiger partial charge >= 0.3 is 5.97 Å². The number of carbonyl (C=O) groups is 1. The van der Waals surface area contributed by atoms with E-state index in [0.29, 0.717) is 18.3 Å². The van der Waals surface area contributed by atoms with E-state index in [1.54, 1.807) is 0 Å². The summed E-state index contributed by atoms with van der Waals surface area (Å²) in [6.45, 7) is 6.66. The van der Waals surface area contributed by atoms with Crippen LogP contribution in [0.4, 0.5) is 0 Å². The van der Waals surface area contributed by atoms with E-state index in [2.05, 4.69) is 20.8 Å². The molecule has 2 unspecified atom stereocenters. The molecule has 2 atom stereocenters. The fraction of sp³-hybridized carbons (Fsp3) is 0.941. The molecule has 19 heavy (non-hydrogen) atoms. The molecule has 0 aliphatic heterocycles. The highest BCUT2D eigenvalue weighted by atomic mass is 16.4. The molecule has 0 fully saturated rings. The van der Waals surface area contributed by atoms with Crippen molar-refractivity contribution in [3.8, 4) is 0 Å². The van der Waals surface area contributed by atoms with Crippen molar-refractivity contribution in [2.75, 3.05) is 0 Å². The summed E-state index contributed by atoms with van der Waals surface area (Å²) in [7, 11) is 0. The zero-order chi connectivity index (χ0) is 14.5. The lowest BCUT2D eigenvalue weighted by Crippen LogP contribution is -2.18. The van der Waals surface area contributed by atoms with Crippen LogP contribution in [0.5, 0.6) is 0 Å². The number of hydrogen-bond acceptors (Lipinski definition) is 1. The second-order valence-electron chi connectivity index (χ2n) is 5.87. The Kier molecular flexibility index (Phi) is 12.2. The van der Waals surface area contributed by atoms with E-state index in [1.807, 2.05) is 0 Å². The van der Waals surface area contributed by atoms with Gasteiger partial charge in [0.15, 0.2) is 0 Å². The summed E-state index contributed by atoms with van der Waals surface area (Å²) in [5, 5.41) is 9.10. The van der Waals surface area contributed by atoms with Gasteiger partial charge in [0.2, 0.25) is 0 Å². The monoisotopic (exact) mass is 270 g/mol. The van der Waals surface area contributed by atoms with E-state index in [1.165, 1.54) is 51.4 Å². The smallest absolute Gasteiger partial charge is 0.303 e. The number of carboxylic acid groups (broad SMARTS) is 1. The van der Waals surface area contributed by atoms with Crippen molar-refractivity contribution in [1.82, 2.24) is 0 Å². The standard InChI is InChI=1S/C17H34O2/c1-4-7-9-11-13-16(14-17(18)19)15(6-3)12-10-8-5-2/h15-16H,4-14H2,1-3H3,(H,18,19). The Morgan fingerprint density at radius 2 is 1.37 bits per heavy atom. The van der Waals surface area contributed by atoms with E-state index < -0.39 is 5.97 Å². The lowest BCUT2D eigenvalue weighted by molar-refractivity contribution is -0.138. The third kappa shape index (κ3) is 9.98. The minimum absolute atomic E-state index is 0.372. The Morgan fingerprint density at radius 3 is 1.89 bits per heavy atom. The molecule has 0 aromatic heterocycles.